The van der Waals surface area contributed by atoms with Crippen molar-refractivity contribution in [3.63, 3.8) is 0 Å². The summed E-state index contributed by atoms with van der Waals surface area (Å²) >= 11 is 0. The number of para-hydroxylation sites is 1. The Hall–Kier alpha value is -2.63. The molecule has 0 unspecified atom stereocenters. The van der Waals surface area contributed by atoms with E-state index in [0.29, 0.717) is 11.3 Å². The first-order valence-corrected chi connectivity index (χ1v) is 5.56. The van der Waals surface area contributed by atoms with Crippen molar-refractivity contribution < 1.29 is 9.60 Å². The van der Waals surface area contributed by atoms with E-state index in [2.05, 4.69) is 10.1 Å². The van der Waals surface area contributed by atoms with Gasteiger partial charge in [0.25, 0.3) is 0 Å². The average Bonchev–Trinajstić information content (AvgIpc) is 2.46. The molecule has 0 atom stereocenters. The van der Waals surface area contributed by atoms with E-state index in [1.165, 1.54) is 18.3 Å². The SMILES string of the molecule is CN(c1ccccc1C(N)=NO)c1ncccc1F. The highest BCUT2D eigenvalue weighted by atomic mass is 19.1. The highest BCUT2D eigenvalue weighted by Crippen LogP contribution is 2.26. The Morgan fingerprint density at radius 2 is 2.05 bits per heavy atom. The fourth-order valence-electron chi connectivity index (χ4n) is 1.77. The normalized spacial score (nSPS) is 11.4. The molecule has 2 rings (SSSR count). The van der Waals surface area contributed by atoms with Gasteiger partial charge in [-0.05, 0) is 24.3 Å². The molecule has 0 aliphatic heterocycles. The van der Waals surface area contributed by atoms with E-state index in [0.717, 1.165) is 0 Å². The number of nitrogens with zero attached hydrogens (tertiary/aromatic N) is 3. The Morgan fingerprint density at radius 1 is 1.32 bits per heavy atom. The van der Waals surface area contributed by atoms with Gasteiger partial charge in [0.05, 0.1) is 5.69 Å². The molecule has 1 heterocycles. The smallest absolute Gasteiger partial charge is 0.172 e. The molecule has 0 radical (unpaired) electrons. The van der Waals surface area contributed by atoms with Crippen molar-refractivity contribution in [3.8, 4) is 0 Å². The fourth-order valence-corrected chi connectivity index (χ4v) is 1.77. The highest BCUT2D eigenvalue weighted by molar-refractivity contribution is 6.02. The third kappa shape index (κ3) is 2.47. The van der Waals surface area contributed by atoms with Crippen molar-refractivity contribution in [2.75, 3.05) is 11.9 Å². The first-order valence-electron chi connectivity index (χ1n) is 5.56. The van der Waals surface area contributed by atoms with E-state index in [1.54, 1.807) is 36.2 Å². The quantitative estimate of drug-likeness (QED) is 0.383. The molecule has 3 N–H and O–H groups in total. The van der Waals surface area contributed by atoms with Gasteiger partial charge >= 0.3 is 0 Å². The third-order valence-corrected chi connectivity index (χ3v) is 2.71. The maximum atomic E-state index is 13.7. The first kappa shape index (κ1) is 12.8. The predicted molar refractivity (Wildman–Crippen MR) is 71.2 cm³/mol. The first-order chi connectivity index (χ1) is 9.15. The zero-order valence-electron chi connectivity index (χ0n) is 10.3. The standard InChI is InChI=1S/C13H13FN4O/c1-18(13-10(14)6-4-8-16-13)11-7-3-2-5-9(11)12(15)17-19/h2-8,19H,1H3,(H2,15,17). The van der Waals surface area contributed by atoms with Crippen molar-refractivity contribution in [2.45, 2.75) is 0 Å². The number of oxime groups is 1. The van der Waals surface area contributed by atoms with Crippen molar-refractivity contribution in [3.05, 3.63) is 54.0 Å². The number of nitrogens with two attached hydrogens (primary N) is 1. The van der Waals surface area contributed by atoms with Crippen LogP contribution in [-0.4, -0.2) is 23.1 Å². The van der Waals surface area contributed by atoms with Crippen LogP contribution in [0.3, 0.4) is 0 Å². The van der Waals surface area contributed by atoms with E-state index < -0.39 is 5.82 Å². The molecular weight excluding hydrogens is 247 g/mol. The van der Waals surface area contributed by atoms with Crippen LogP contribution in [0.5, 0.6) is 0 Å². The average molecular weight is 260 g/mol. The molecular formula is C13H13FN4O. The number of halogens is 1. The molecule has 1 aromatic carbocycles. The van der Waals surface area contributed by atoms with Crippen molar-refractivity contribution in [1.82, 2.24) is 4.98 Å². The molecule has 98 valence electrons. The lowest BCUT2D eigenvalue weighted by atomic mass is 10.1. The largest absolute Gasteiger partial charge is 0.409 e. The molecule has 0 fully saturated rings. The van der Waals surface area contributed by atoms with E-state index in [4.69, 9.17) is 10.9 Å². The second-order valence-corrected chi connectivity index (χ2v) is 3.87. The summed E-state index contributed by atoms with van der Waals surface area (Å²) in [7, 11) is 1.66. The third-order valence-electron chi connectivity index (χ3n) is 2.71. The summed E-state index contributed by atoms with van der Waals surface area (Å²) < 4.78 is 13.7. The van der Waals surface area contributed by atoms with Crippen LogP contribution >= 0.6 is 0 Å². The number of pyridine rings is 1. The molecule has 19 heavy (non-hydrogen) atoms. The number of anilines is 2. The molecule has 0 spiro atoms. The monoisotopic (exact) mass is 260 g/mol. The van der Waals surface area contributed by atoms with Crippen LogP contribution < -0.4 is 10.6 Å². The minimum atomic E-state index is -0.445. The molecule has 1 aromatic heterocycles. The van der Waals surface area contributed by atoms with Crippen LogP contribution in [-0.2, 0) is 0 Å². The van der Waals surface area contributed by atoms with Crippen LogP contribution in [0, 0.1) is 5.82 Å². The Bertz CT molecular complexity index is 615. The molecule has 0 aliphatic rings. The molecule has 0 aliphatic carbocycles. The Kier molecular flexibility index (Phi) is 3.61. The van der Waals surface area contributed by atoms with Crippen LogP contribution in [0.1, 0.15) is 5.56 Å². The molecule has 0 saturated heterocycles. The van der Waals surface area contributed by atoms with E-state index in [-0.39, 0.29) is 11.7 Å². The van der Waals surface area contributed by atoms with Crippen LogP contribution in [0.4, 0.5) is 15.9 Å². The summed E-state index contributed by atoms with van der Waals surface area (Å²) in [6.07, 6.45) is 1.50. The van der Waals surface area contributed by atoms with Gasteiger partial charge in [0, 0.05) is 18.8 Å². The Balaban J connectivity index is 2.51. The van der Waals surface area contributed by atoms with Gasteiger partial charge < -0.3 is 15.8 Å². The van der Waals surface area contributed by atoms with Crippen LogP contribution in [0.15, 0.2) is 47.8 Å². The predicted octanol–water partition coefficient (Wildman–Crippen LogP) is 2.08. The zero-order chi connectivity index (χ0) is 13.8. The molecule has 0 saturated carbocycles. The van der Waals surface area contributed by atoms with Gasteiger partial charge in [-0.2, -0.15) is 0 Å². The molecule has 0 amide bonds. The van der Waals surface area contributed by atoms with E-state index in [9.17, 15) is 4.39 Å². The van der Waals surface area contributed by atoms with Gasteiger partial charge in [0.1, 0.15) is 0 Å². The summed E-state index contributed by atoms with van der Waals surface area (Å²) in [5.41, 5.74) is 6.70. The summed E-state index contributed by atoms with van der Waals surface area (Å²) in [5.74, 6) is -0.321. The number of amidine groups is 1. The minimum absolute atomic E-state index is 0.0428. The maximum absolute atomic E-state index is 13.7. The minimum Gasteiger partial charge on any atom is -0.409 e. The molecule has 5 nitrogen and oxygen atoms in total. The lowest BCUT2D eigenvalue weighted by molar-refractivity contribution is 0.318. The second kappa shape index (κ2) is 5.34. The molecule has 6 heteroatoms. The van der Waals surface area contributed by atoms with Gasteiger partial charge in [-0.15, -0.1) is 0 Å². The van der Waals surface area contributed by atoms with Gasteiger partial charge in [-0.1, -0.05) is 17.3 Å². The lowest BCUT2D eigenvalue weighted by Gasteiger charge is -2.21. The summed E-state index contributed by atoms with van der Waals surface area (Å²) in [4.78, 5) is 5.53. The van der Waals surface area contributed by atoms with Crippen molar-refractivity contribution in [2.24, 2.45) is 10.9 Å². The lowest BCUT2D eigenvalue weighted by Crippen LogP contribution is -2.20. The van der Waals surface area contributed by atoms with Gasteiger partial charge in [0.15, 0.2) is 17.5 Å². The van der Waals surface area contributed by atoms with Crippen LogP contribution in [0.25, 0.3) is 0 Å². The van der Waals surface area contributed by atoms with Gasteiger partial charge in [-0.25, -0.2) is 9.37 Å². The van der Waals surface area contributed by atoms with Gasteiger partial charge in [0.2, 0.25) is 0 Å². The number of hydrogen-bond acceptors (Lipinski definition) is 4. The molecule has 2 aromatic rings. The van der Waals surface area contributed by atoms with E-state index >= 15 is 0 Å². The second-order valence-electron chi connectivity index (χ2n) is 3.87. The van der Waals surface area contributed by atoms with Gasteiger partial charge in [-0.3, -0.25) is 0 Å². The summed E-state index contributed by atoms with van der Waals surface area (Å²) in [6.45, 7) is 0. The molecule has 0 bridgehead atoms. The topological polar surface area (TPSA) is 74.7 Å². The number of rotatable bonds is 3. The van der Waals surface area contributed by atoms with Crippen molar-refractivity contribution >= 4 is 17.3 Å². The summed E-state index contributed by atoms with van der Waals surface area (Å²) in [5, 5.41) is 11.7. The van der Waals surface area contributed by atoms with Crippen molar-refractivity contribution in [1.29, 1.82) is 0 Å². The van der Waals surface area contributed by atoms with E-state index in [1.807, 2.05) is 0 Å². The maximum Gasteiger partial charge on any atom is 0.172 e. The Morgan fingerprint density at radius 3 is 2.74 bits per heavy atom. The zero-order valence-corrected chi connectivity index (χ0v) is 10.3. The number of aromatic nitrogens is 1. The highest BCUT2D eigenvalue weighted by Gasteiger charge is 2.15. The fraction of sp³-hybridized carbons (Fsp3) is 0.0769. The number of hydrogen-bond donors (Lipinski definition) is 2. The Labute approximate surface area is 109 Å². The number of benzene rings is 1. The van der Waals surface area contributed by atoms with Crippen LogP contribution in [0.2, 0.25) is 0 Å². The summed E-state index contributed by atoms with van der Waals surface area (Å²) in [6, 6.07) is 9.79.